The fourth-order valence-electron chi connectivity index (χ4n) is 2.89. The van der Waals surface area contributed by atoms with Crippen molar-refractivity contribution in [2.45, 2.75) is 4.90 Å². The van der Waals surface area contributed by atoms with E-state index in [1.54, 1.807) is 24.3 Å². The molecular weight excluding hydrogens is 379 g/mol. The number of hydrogen-bond acceptors (Lipinski definition) is 3. The summed E-state index contributed by atoms with van der Waals surface area (Å²) in [6.45, 7) is 3.66. The van der Waals surface area contributed by atoms with Crippen molar-refractivity contribution in [3.05, 3.63) is 59.4 Å². The van der Waals surface area contributed by atoms with Gasteiger partial charge in [0.1, 0.15) is 24.7 Å². The molecule has 0 radical (unpaired) electrons. The average molecular weight is 400 g/mol. The standard InChI is InChI=1S/C18H20ClFN2O3S/c19-15-1-7-18(8-2-15)26(23,24)22-11-9-21(10-12-22)13-14-25-17-5-3-16(20)4-6-17/h1-8H,9-14H2/p+1. The summed E-state index contributed by atoms with van der Waals surface area (Å²) in [5.41, 5.74) is 0. The maximum absolute atomic E-state index is 12.9. The predicted octanol–water partition coefficient (Wildman–Crippen LogP) is 1.45. The minimum absolute atomic E-state index is 0.269. The quantitative estimate of drug-likeness (QED) is 0.799. The van der Waals surface area contributed by atoms with E-state index in [1.807, 2.05) is 0 Å². The molecular formula is C18H21ClFN2O3S+. The Bertz CT molecular complexity index is 821. The average Bonchev–Trinajstić information content (AvgIpc) is 2.64. The van der Waals surface area contributed by atoms with Crippen LogP contribution in [0.15, 0.2) is 53.4 Å². The fourth-order valence-corrected chi connectivity index (χ4v) is 4.46. The van der Waals surface area contributed by atoms with Crippen LogP contribution in [0.25, 0.3) is 0 Å². The Morgan fingerprint density at radius 1 is 1.04 bits per heavy atom. The van der Waals surface area contributed by atoms with E-state index in [0.717, 1.165) is 19.6 Å². The van der Waals surface area contributed by atoms with Crippen LogP contribution in [0.2, 0.25) is 5.02 Å². The lowest BCUT2D eigenvalue weighted by atomic mass is 10.3. The summed E-state index contributed by atoms with van der Waals surface area (Å²) in [7, 11) is -3.48. The lowest BCUT2D eigenvalue weighted by Crippen LogP contribution is -3.15. The Morgan fingerprint density at radius 2 is 1.65 bits per heavy atom. The van der Waals surface area contributed by atoms with E-state index in [-0.39, 0.29) is 10.7 Å². The first-order valence-electron chi connectivity index (χ1n) is 8.43. The van der Waals surface area contributed by atoms with E-state index < -0.39 is 10.0 Å². The van der Waals surface area contributed by atoms with Crippen molar-refractivity contribution in [1.82, 2.24) is 4.31 Å². The van der Waals surface area contributed by atoms with Gasteiger partial charge in [0.05, 0.1) is 31.1 Å². The summed E-state index contributed by atoms with van der Waals surface area (Å²) in [5.74, 6) is 0.343. The van der Waals surface area contributed by atoms with E-state index in [0.29, 0.717) is 30.5 Å². The minimum atomic E-state index is -3.48. The number of ether oxygens (including phenoxy) is 1. The maximum Gasteiger partial charge on any atom is 0.243 e. The van der Waals surface area contributed by atoms with E-state index >= 15 is 0 Å². The molecule has 2 aromatic carbocycles. The second-order valence-electron chi connectivity index (χ2n) is 6.16. The van der Waals surface area contributed by atoms with Crippen molar-refractivity contribution in [1.29, 1.82) is 0 Å². The number of rotatable bonds is 6. The highest BCUT2D eigenvalue weighted by Crippen LogP contribution is 2.18. The number of halogens is 2. The van der Waals surface area contributed by atoms with Gasteiger partial charge in [0.25, 0.3) is 0 Å². The summed E-state index contributed by atoms with van der Waals surface area (Å²) in [4.78, 5) is 1.56. The second kappa shape index (κ2) is 8.35. The summed E-state index contributed by atoms with van der Waals surface area (Å²) in [6, 6.07) is 12.2. The molecule has 1 heterocycles. The highest BCUT2D eigenvalue weighted by Gasteiger charge is 2.30. The molecule has 0 aromatic heterocycles. The van der Waals surface area contributed by atoms with Gasteiger partial charge in [0.2, 0.25) is 10.0 Å². The van der Waals surface area contributed by atoms with Crippen molar-refractivity contribution in [3.8, 4) is 5.75 Å². The molecule has 3 rings (SSSR count). The zero-order valence-electron chi connectivity index (χ0n) is 14.2. The lowest BCUT2D eigenvalue weighted by molar-refractivity contribution is -0.903. The molecule has 1 saturated heterocycles. The van der Waals surface area contributed by atoms with Gasteiger partial charge in [-0.15, -0.1) is 0 Å². The molecule has 0 unspecified atom stereocenters. The Kier molecular flexibility index (Phi) is 6.13. The van der Waals surface area contributed by atoms with Crippen LogP contribution in [-0.2, 0) is 10.0 Å². The molecule has 140 valence electrons. The highest BCUT2D eigenvalue weighted by molar-refractivity contribution is 7.89. The number of sulfonamides is 1. The van der Waals surface area contributed by atoms with E-state index in [2.05, 4.69) is 0 Å². The van der Waals surface area contributed by atoms with Crippen LogP contribution in [0, 0.1) is 5.82 Å². The fraction of sp³-hybridized carbons (Fsp3) is 0.333. The number of nitrogens with zero attached hydrogens (tertiary/aromatic N) is 1. The second-order valence-corrected chi connectivity index (χ2v) is 8.53. The highest BCUT2D eigenvalue weighted by atomic mass is 35.5. The molecule has 8 heteroatoms. The van der Waals surface area contributed by atoms with Gasteiger partial charge >= 0.3 is 0 Å². The molecule has 0 saturated carbocycles. The Hall–Kier alpha value is -1.67. The van der Waals surface area contributed by atoms with Gasteiger partial charge in [-0.3, -0.25) is 0 Å². The number of hydrogen-bond donors (Lipinski definition) is 1. The first kappa shape index (κ1) is 19.1. The molecule has 0 aliphatic carbocycles. The number of quaternary nitrogens is 1. The first-order valence-corrected chi connectivity index (χ1v) is 10.2. The van der Waals surface area contributed by atoms with Crippen molar-refractivity contribution < 1.29 is 22.4 Å². The number of nitrogens with one attached hydrogen (secondary N) is 1. The van der Waals surface area contributed by atoms with Crippen LogP contribution in [0.3, 0.4) is 0 Å². The van der Waals surface area contributed by atoms with E-state index in [4.69, 9.17) is 16.3 Å². The topological polar surface area (TPSA) is 51.0 Å². The Labute approximate surface area is 158 Å². The zero-order chi connectivity index (χ0) is 18.6. The summed E-state index contributed by atoms with van der Waals surface area (Å²) >= 11 is 5.82. The summed E-state index contributed by atoms with van der Waals surface area (Å²) in [6.07, 6.45) is 0. The van der Waals surface area contributed by atoms with Gasteiger partial charge in [-0.2, -0.15) is 4.31 Å². The normalized spacial score (nSPS) is 16.5. The first-order chi connectivity index (χ1) is 12.4. The van der Waals surface area contributed by atoms with Crippen LogP contribution in [-0.4, -0.2) is 52.1 Å². The van der Waals surface area contributed by atoms with Gasteiger partial charge in [0.15, 0.2) is 0 Å². The van der Waals surface area contributed by atoms with Crippen LogP contribution < -0.4 is 9.64 Å². The van der Waals surface area contributed by atoms with Crippen LogP contribution >= 0.6 is 11.6 Å². The van der Waals surface area contributed by atoms with Crippen LogP contribution in [0.1, 0.15) is 0 Å². The molecule has 5 nitrogen and oxygen atoms in total. The molecule has 1 aliphatic rings. The molecule has 1 fully saturated rings. The van der Waals surface area contributed by atoms with Crippen molar-refractivity contribution >= 4 is 21.6 Å². The van der Waals surface area contributed by atoms with Gasteiger partial charge < -0.3 is 9.64 Å². The van der Waals surface area contributed by atoms with E-state index in [1.165, 1.54) is 33.5 Å². The van der Waals surface area contributed by atoms with Crippen LogP contribution in [0.4, 0.5) is 4.39 Å². The molecule has 0 spiro atoms. The molecule has 1 aliphatic heterocycles. The van der Waals surface area contributed by atoms with Crippen molar-refractivity contribution in [2.75, 3.05) is 39.3 Å². The third-order valence-electron chi connectivity index (χ3n) is 4.42. The van der Waals surface area contributed by atoms with Crippen molar-refractivity contribution in [2.24, 2.45) is 0 Å². The minimum Gasteiger partial charge on any atom is -0.488 e. The number of benzene rings is 2. The third kappa shape index (κ3) is 4.73. The molecule has 26 heavy (non-hydrogen) atoms. The van der Waals surface area contributed by atoms with Gasteiger partial charge in [0, 0.05) is 5.02 Å². The summed E-state index contributed by atoms with van der Waals surface area (Å²) < 4.78 is 45.3. The summed E-state index contributed by atoms with van der Waals surface area (Å²) in [5, 5.41) is 0.513. The zero-order valence-corrected chi connectivity index (χ0v) is 15.8. The van der Waals surface area contributed by atoms with Gasteiger partial charge in [-0.25, -0.2) is 12.8 Å². The van der Waals surface area contributed by atoms with Crippen LogP contribution in [0.5, 0.6) is 5.75 Å². The predicted molar refractivity (Wildman–Crippen MR) is 97.7 cm³/mol. The molecule has 1 N–H and O–H groups in total. The number of piperazine rings is 1. The Morgan fingerprint density at radius 3 is 2.27 bits per heavy atom. The largest absolute Gasteiger partial charge is 0.488 e. The van der Waals surface area contributed by atoms with Gasteiger partial charge in [-0.05, 0) is 48.5 Å². The monoisotopic (exact) mass is 399 g/mol. The Balaban J connectivity index is 1.47. The van der Waals surface area contributed by atoms with Crippen molar-refractivity contribution in [3.63, 3.8) is 0 Å². The molecule has 0 atom stereocenters. The van der Waals surface area contributed by atoms with Gasteiger partial charge in [-0.1, -0.05) is 11.6 Å². The molecule has 0 amide bonds. The molecule has 0 bridgehead atoms. The SMILES string of the molecule is O=S(=O)(c1ccc(Cl)cc1)N1CC[NH+](CCOc2ccc(F)cc2)CC1. The lowest BCUT2D eigenvalue weighted by Gasteiger charge is -2.31. The maximum atomic E-state index is 12.9. The third-order valence-corrected chi connectivity index (χ3v) is 6.58. The molecule has 2 aromatic rings. The van der Waals surface area contributed by atoms with E-state index in [9.17, 15) is 12.8 Å². The smallest absolute Gasteiger partial charge is 0.243 e.